The van der Waals surface area contributed by atoms with E-state index in [0.29, 0.717) is 11.1 Å². The second-order valence-electron chi connectivity index (χ2n) is 4.48. The van der Waals surface area contributed by atoms with Crippen molar-refractivity contribution < 1.29 is 9.53 Å². The zero-order valence-electron chi connectivity index (χ0n) is 11.0. The van der Waals surface area contributed by atoms with Crippen molar-refractivity contribution in [3.63, 3.8) is 0 Å². The molecule has 0 fully saturated rings. The van der Waals surface area contributed by atoms with Crippen LogP contribution in [0.25, 0.3) is 10.9 Å². The van der Waals surface area contributed by atoms with E-state index in [0.717, 1.165) is 20.4 Å². The summed E-state index contributed by atoms with van der Waals surface area (Å²) >= 11 is 4.90. The van der Waals surface area contributed by atoms with Crippen molar-refractivity contribution in [1.29, 1.82) is 0 Å². The van der Waals surface area contributed by atoms with Crippen LogP contribution in [0.4, 0.5) is 0 Å². The van der Waals surface area contributed by atoms with Crippen LogP contribution in [0.1, 0.15) is 15.9 Å². The average molecular weight is 350 g/mol. The van der Waals surface area contributed by atoms with Gasteiger partial charge in [-0.2, -0.15) is 0 Å². The van der Waals surface area contributed by atoms with Crippen LogP contribution in [0.5, 0.6) is 5.75 Å². The maximum atomic E-state index is 12.7. The Bertz CT molecular complexity index is 803. The van der Waals surface area contributed by atoms with E-state index in [2.05, 4.69) is 15.9 Å². The maximum absolute atomic E-state index is 12.7. The molecule has 2 heterocycles. The Kier molecular flexibility index (Phi) is 3.40. The van der Waals surface area contributed by atoms with Crippen LogP contribution in [0.2, 0.25) is 0 Å². The molecular formula is C15H12BrNO2S. The molecule has 5 heteroatoms. The lowest BCUT2D eigenvalue weighted by Crippen LogP contribution is -1.99. The fraction of sp³-hybridized carbons (Fsp3) is 0.133. The van der Waals surface area contributed by atoms with Gasteiger partial charge < -0.3 is 9.30 Å². The lowest BCUT2D eigenvalue weighted by Gasteiger charge is -2.04. The largest absolute Gasteiger partial charge is 0.496 e. The van der Waals surface area contributed by atoms with Crippen LogP contribution < -0.4 is 4.74 Å². The molecule has 20 heavy (non-hydrogen) atoms. The highest BCUT2D eigenvalue weighted by atomic mass is 79.9. The Hall–Kier alpha value is -1.59. The first-order chi connectivity index (χ1) is 9.61. The summed E-state index contributed by atoms with van der Waals surface area (Å²) < 4.78 is 8.30. The van der Waals surface area contributed by atoms with Crippen molar-refractivity contribution in [2.45, 2.75) is 0 Å². The zero-order valence-corrected chi connectivity index (χ0v) is 13.4. The lowest BCUT2D eigenvalue weighted by atomic mass is 10.0. The number of carbonyl (C=O) groups excluding carboxylic acids is 1. The molecule has 0 unspecified atom stereocenters. The predicted octanol–water partition coefficient (Wildman–Crippen LogP) is 4.24. The number of carbonyl (C=O) groups is 1. The highest BCUT2D eigenvalue weighted by Gasteiger charge is 2.19. The Morgan fingerprint density at radius 3 is 2.85 bits per heavy atom. The molecule has 3 aromatic rings. The molecule has 3 rings (SSSR count). The van der Waals surface area contributed by atoms with Gasteiger partial charge in [0.05, 0.1) is 27.4 Å². The van der Waals surface area contributed by atoms with E-state index in [1.165, 1.54) is 11.3 Å². The quantitative estimate of drug-likeness (QED) is 0.662. The molecule has 0 bridgehead atoms. The third-order valence-electron chi connectivity index (χ3n) is 3.27. The monoisotopic (exact) mass is 349 g/mol. The number of halogens is 1. The summed E-state index contributed by atoms with van der Waals surface area (Å²) in [5.41, 5.74) is 2.35. The number of nitrogens with zero attached hydrogens (tertiary/aromatic N) is 1. The zero-order chi connectivity index (χ0) is 14.3. The summed E-state index contributed by atoms with van der Waals surface area (Å²) in [6, 6.07) is 7.64. The number of ketones is 1. The van der Waals surface area contributed by atoms with Crippen molar-refractivity contribution in [2.75, 3.05) is 7.11 Å². The fourth-order valence-corrected chi connectivity index (χ4v) is 3.48. The Labute approximate surface area is 128 Å². The van der Waals surface area contributed by atoms with Gasteiger partial charge in [-0.25, -0.2) is 0 Å². The van der Waals surface area contributed by atoms with Gasteiger partial charge >= 0.3 is 0 Å². The molecule has 102 valence electrons. The Morgan fingerprint density at radius 1 is 1.40 bits per heavy atom. The summed E-state index contributed by atoms with van der Waals surface area (Å²) in [6.07, 6.45) is 1.86. The van der Waals surface area contributed by atoms with E-state index >= 15 is 0 Å². The van der Waals surface area contributed by atoms with Crippen LogP contribution >= 0.6 is 27.3 Å². The minimum absolute atomic E-state index is 0.0158. The molecule has 0 aliphatic rings. The molecule has 0 saturated heterocycles. The first kappa shape index (κ1) is 13.4. The van der Waals surface area contributed by atoms with E-state index in [4.69, 9.17) is 4.74 Å². The van der Waals surface area contributed by atoms with E-state index in [9.17, 15) is 4.79 Å². The third kappa shape index (κ3) is 2.07. The minimum atomic E-state index is 0.0158. The Balaban J connectivity index is 2.23. The summed E-state index contributed by atoms with van der Waals surface area (Å²) in [4.78, 5) is 12.7. The van der Waals surface area contributed by atoms with Gasteiger partial charge in [-0.15, -0.1) is 11.3 Å². The number of methoxy groups -OCH3 is 1. The number of thiophene rings is 1. The van der Waals surface area contributed by atoms with Crippen molar-refractivity contribution in [3.8, 4) is 5.75 Å². The topological polar surface area (TPSA) is 31.2 Å². The normalized spacial score (nSPS) is 10.9. The van der Waals surface area contributed by atoms with E-state index in [-0.39, 0.29) is 5.78 Å². The number of rotatable bonds is 3. The molecule has 0 saturated carbocycles. The molecule has 2 aromatic heterocycles. The SMILES string of the molecule is COc1cccc2c1c(C(=O)c1csc(Br)c1)cn2C. The summed E-state index contributed by atoms with van der Waals surface area (Å²) in [5.74, 6) is 0.739. The van der Waals surface area contributed by atoms with E-state index < -0.39 is 0 Å². The van der Waals surface area contributed by atoms with E-state index in [1.807, 2.05) is 47.5 Å². The summed E-state index contributed by atoms with van der Waals surface area (Å²) in [5, 5.41) is 2.73. The highest BCUT2D eigenvalue weighted by molar-refractivity contribution is 9.11. The predicted molar refractivity (Wildman–Crippen MR) is 84.9 cm³/mol. The molecular weight excluding hydrogens is 338 g/mol. The highest BCUT2D eigenvalue weighted by Crippen LogP contribution is 2.32. The number of aryl methyl sites for hydroxylation is 1. The number of fused-ring (bicyclic) bond motifs is 1. The van der Waals surface area contributed by atoms with Gasteiger partial charge in [0, 0.05) is 24.2 Å². The van der Waals surface area contributed by atoms with Crippen molar-refractivity contribution >= 4 is 44.0 Å². The van der Waals surface area contributed by atoms with Gasteiger partial charge in [0.25, 0.3) is 0 Å². The van der Waals surface area contributed by atoms with Crippen LogP contribution in [-0.2, 0) is 7.05 Å². The third-order valence-corrected chi connectivity index (χ3v) is 4.77. The molecule has 3 nitrogen and oxygen atoms in total. The van der Waals surface area contributed by atoms with E-state index in [1.54, 1.807) is 7.11 Å². The van der Waals surface area contributed by atoms with Gasteiger partial charge in [-0.05, 0) is 34.1 Å². The second kappa shape index (κ2) is 5.07. The number of ether oxygens (including phenoxy) is 1. The standard InChI is InChI=1S/C15H12BrNO2S/c1-17-7-10(15(18)9-6-13(16)20-8-9)14-11(17)4-3-5-12(14)19-2/h3-8H,1-2H3. The first-order valence-electron chi connectivity index (χ1n) is 6.02. The van der Waals surface area contributed by atoms with Crippen molar-refractivity contribution in [1.82, 2.24) is 4.57 Å². The molecule has 0 atom stereocenters. The average Bonchev–Trinajstić information content (AvgIpc) is 3.02. The maximum Gasteiger partial charge on any atom is 0.196 e. The van der Waals surface area contributed by atoms with Gasteiger partial charge in [-0.3, -0.25) is 4.79 Å². The smallest absolute Gasteiger partial charge is 0.196 e. The fourth-order valence-electron chi connectivity index (χ4n) is 2.34. The van der Waals surface area contributed by atoms with Crippen LogP contribution in [0, 0.1) is 0 Å². The number of hydrogen-bond acceptors (Lipinski definition) is 3. The van der Waals surface area contributed by atoms with Gasteiger partial charge in [0.2, 0.25) is 0 Å². The van der Waals surface area contributed by atoms with Gasteiger partial charge in [0.15, 0.2) is 5.78 Å². The van der Waals surface area contributed by atoms with Crippen LogP contribution in [0.15, 0.2) is 39.6 Å². The van der Waals surface area contributed by atoms with Crippen molar-refractivity contribution in [3.05, 3.63) is 50.8 Å². The molecule has 0 N–H and O–H groups in total. The summed E-state index contributed by atoms with van der Waals surface area (Å²) in [6.45, 7) is 0. The second-order valence-corrected chi connectivity index (χ2v) is 6.77. The lowest BCUT2D eigenvalue weighted by molar-refractivity contribution is 0.104. The number of hydrogen-bond donors (Lipinski definition) is 0. The van der Waals surface area contributed by atoms with Crippen LogP contribution in [0.3, 0.4) is 0 Å². The van der Waals surface area contributed by atoms with Gasteiger partial charge in [0.1, 0.15) is 5.75 Å². The molecule has 0 aliphatic heterocycles. The molecule has 0 amide bonds. The van der Waals surface area contributed by atoms with Crippen molar-refractivity contribution in [2.24, 2.45) is 7.05 Å². The van der Waals surface area contributed by atoms with Crippen LogP contribution in [-0.4, -0.2) is 17.5 Å². The molecule has 0 aliphatic carbocycles. The molecule has 0 spiro atoms. The minimum Gasteiger partial charge on any atom is -0.496 e. The Morgan fingerprint density at radius 2 is 2.20 bits per heavy atom. The molecule has 1 aromatic carbocycles. The number of aromatic nitrogens is 1. The number of benzene rings is 1. The summed E-state index contributed by atoms with van der Waals surface area (Å²) in [7, 11) is 3.55. The van der Waals surface area contributed by atoms with Gasteiger partial charge in [-0.1, -0.05) is 6.07 Å². The first-order valence-corrected chi connectivity index (χ1v) is 7.70. The molecule has 0 radical (unpaired) electrons.